The first-order valence-corrected chi connectivity index (χ1v) is 11.7. The molecule has 0 aliphatic carbocycles. The lowest BCUT2D eigenvalue weighted by Crippen LogP contribution is -2.34. The smallest absolute Gasteiger partial charge is 0.273 e. The fourth-order valence-electron chi connectivity index (χ4n) is 3.21. The molecule has 4 rings (SSSR count). The van der Waals surface area contributed by atoms with Gasteiger partial charge in [-0.25, -0.2) is 0 Å². The van der Waals surface area contributed by atoms with E-state index < -0.39 is 5.91 Å². The van der Waals surface area contributed by atoms with Gasteiger partial charge in [-0.3, -0.25) is 14.2 Å². The minimum Gasteiger partial charge on any atom is -0.351 e. The number of thiophene rings is 1. The number of nitrogens with zero attached hydrogens (tertiary/aromatic N) is 2. The summed E-state index contributed by atoms with van der Waals surface area (Å²) in [6, 6.07) is 24.7. The second-order valence-corrected chi connectivity index (χ2v) is 8.90. The van der Waals surface area contributed by atoms with Crippen LogP contribution in [0.3, 0.4) is 0 Å². The molecule has 2 aromatic carbocycles. The van der Waals surface area contributed by atoms with Crippen molar-refractivity contribution in [2.24, 2.45) is 0 Å². The number of hydrogen-bond acceptors (Lipinski definition) is 5. The van der Waals surface area contributed by atoms with Crippen LogP contribution in [0, 0.1) is 11.3 Å². The van der Waals surface area contributed by atoms with Crippen molar-refractivity contribution < 1.29 is 4.79 Å². The van der Waals surface area contributed by atoms with E-state index in [2.05, 4.69) is 5.32 Å². The molecule has 0 spiro atoms. The van der Waals surface area contributed by atoms with Gasteiger partial charge in [0.05, 0.1) is 10.2 Å². The Kier molecular flexibility index (Phi) is 6.75. The van der Waals surface area contributed by atoms with E-state index in [-0.39, 0.29) is 11.1 Å². The van der Waals surface area contributed by atoms with E-state index in [0.29, 0.717) is 27.8 Å². The summed E-state index contributed by atoms with van der Waals surface area (Å²) < 4.78 is 2.24. The molecular weight excluding hydrogens is 438 g/mol. The predicted molar refractivity (Wildman–Crippen MR) is 129 cm³/mol. The minimum atomic E-state index is -0.489. The monoisotopic (exact) mass is 457 g/mol. The standard InChI is InChI=1S/C25H19N3O2S2/c26-17-21(23(29)27-14-13-18-8-3-1-4-9-18)25-28(19-10-5-2-6-11-19)24(30)22(32-25)16-20-12-7-15-31-20/h1-12,15-16H,13-14H2,(H,27,29). The van der Waals surface area contributed by atoms with Crippen molar-refractivity contribution in [1.29, 1.82) is 5.26 Å². The normalized spacial score (nSPS) is 12.3. The van der Waals surface area contributed by atoms with E-state index in [9.17, 15) is 14.9 Å². The first-order chi connectivity index (χ1) is 15.7. The third-order valence-electron chi connectivity index (χ3n) is 4.75. The number of carbonyl (C=O) groups excluding carboxylic acids is 1. The molecule has 0 bridgehead atoms. The lowest BCUT2D eigenvalue weighted by molar-refractivity contribution is -0.115. The molecule has 0 unspecified atom stereocenters. The van der Waals surface area contributed by atoms with Crippen molar-refractivity contribution in [1.82, 2.24) is 9.88 Å². The van der Waals surface area contributed by atoms with Gasteiger partial charge in [0, 0.05) is 11.4 Å². The Balaban J connectivity index is 1.77. The van der Waals surface area contributed by atoms with Gasteiger partial charge in [0.25, 0.3) is 11.5 Å². The summed E-state index contributed by atoms with van der Waals surface area (Å²) in [5.41, 5.74) is 1.38. The van der Waals surface area contributed by atoms with Crippen molar-refractivity contribution in [3.8, 4) is 11.8 Å². The Morgan fingerprint density at radius 3 is 2.41 bits per heavy atom. The Morgan fingerprint density at radius 1 is 1.03 bits per heavy atom. The zero-order chi connectivity index (χ0) is 22.3. The summed E-state index contributed by atoms with van der Waals surface area (Å²) in [7, 11) is 0. The van der Waals surface area contributed by atoms with Crippen LogP contribution in [0.5, 0.6) is 0 Å². The number of aromatic nitrogens is 1. The summed E-state index contributed by atoms with van der Waals surface area (Å²) in [5.74, 6) is -0.489. The SMILES string of the molecule is N#CC(C(=O)NCCc1ccccc1)=c1sc(=Cc2cccs2)c(=O)n1-c1ccccc1. The van der Waals surface area contributed by atoms with Crippen LogP contribution in [0.1, 0.15) is 10.4 Å². The molecule has 1 N–H and O–H groups in total. The lowest BCUT2D eigenvalue weighted by Gasteiger charge is -2.06. The molecule has 32 heavy (non-hydrogen) atoms. The highest BCUT2D eigenvalue weighted by Crippen LogP contribution is 2.09. The maximum atomic E-state index is 13.3. The summed E-state index contributed by atoms with van der Waals surface area (Å²) >= 11 is 2.67. The molecule has 0 radical (unpaired) electrons. The van der Waals surface area contributed by atoms with Crippen LogP contribution in [0.15, 0.2) is 83.0 Å². The molecule has 2 heterocycles. The lowest BCUT2D eigenvalue weighted by atomic mass is 10.1. The average Bonchev–Trinajstić information content (AvgIpc) is 3.44. The number of carbonyl (C=O) groups is 1. The Hall–Kier alpha value is -3.73. The van der Waals surface area contributed by atoms with E-state index in [4.69, 9.17) is 0 Å². The number of amides is 1. The van der Waals surface area contributed by atoms with Gasteiger partial charge in [-0.2, -0.15) is 5.26 Å². The Labute approximate surface area is 192 Å². The number of nitrogens with one attached hydrogen (secondary N) is 1. The van der Waals surface area contributed by atoms with E-state index in [1.165, 1.54) is 15.9 Å². The quantitative estimate of drug-likeness (QED) is 0.484. The topological polar surface area (TPSA) is 74.9 Å². The molecule has 7 heteroatoms. The number of benzene rings is 2. The van der Waals surface area contributed by atoms with Gasteiger partial charge in [-0.15, -0.1) is 22.7 Å². The van der Waals surface area contributed by atoms with Crippen molar-refractivity contribution in [3.05, 3.63) is 108 Å². The summed E-state index contributed by atoms with van der Waals surface area (Å²) in [4.78, 5) is 27.1. The van der Waals surface area contributed by atoms with E-state index in [1.54, 1.807) is 18.2 Å². The predicted octanol–water partition coefficient (Wildman–Crippen LogP) is 2.82. The van der Waals surface area contributed by atoms with Crippen molar-refractivity contribution in [3.63, 3.8) is 0 Å². The number of hydrogen-bond donors (Lipinski definition) is 1. The molecule has 0 saturated heterocycles. The van der Waals surface area contributed by atoms with Gasteiger partial charge in [0.2, 0.25) is 0 Å². The molecule has 0 aliphatic heterocycles. The van der Waals surface area contributed by atoms with Gasteiger partial charge < -0.3 is 5.32 Å². The molecule has 4 aromatic rings. The zero-order valence-electron chi connectivity index (χ0n) is 17.0. The highest BCUT2D eigenvalue weighted by molar-refractivity contribution is 7.11. The fourth-order valence-corrected chi connectivity index (χ4v) is 5.04. The van der Waals surface area contributed by atoms with Crippen LogP contribution in [-0.4, -0.2) is 17.0 Å². The molecular formula is C25H19N3O2S2. The first kappa shape index (κ1) is 21.5. The number of thiazole rings is 1. The van der Waals surface area contributed by atoms with Crippen LogP contribution < -0.4 is 20.1 Å². The van der Waals surface area contributed by atoms with Crippen LogP contribution in [0.4, 0.5) is 0 Å². The molecule has 5 nitrogen and oxygen atoms in total. The van der Waals surface area contributed by atoms with Crippen LogP contribution in [0.25, 0.3) is 17.3 Å². The van der Waals surface area contributed by atoms with E-state index >= 15 is 0 Å². The average molecular weight is 458 g/mol. The molecule has 0 saturated carbocycles. The van der Waals surface area contributed by atoms with Crippen molar-refractivity contribution in [2.45, 2.75) is 6.42 Å². The van der Waals surface area contributed by atoms with Crippen molar-refractivity contribution >= 4 is 40.2 Å². The van der Waals surface area contributed by atoms with Gasteiger partial charge >= 0.3 is 0 Å². The second-order valence-electron chi connectivity index (χ2n) is 6.89. The summed E-state index contributed by atoms with van der Waals surface area (Å²) in [5, 5.41) is 14.6. The number of rotatable bonds is 6. The number of para-hydroxylation sites is 1. The second kappa shape index (κ2) is 10.1. The van der Waals surface area contributed by atoms with Gasteiger partial charge in [0.15, 0.2) is 5.57 Å². The Bertz CT molecular complexity index is 1430. The summed E-state index contributed by atoms with van der Waals surface area (Å²) in [6.45, 7) is 0.392. The highest BCUT2D eigenvalue weighted by atomic mass is 32.1. The molecule has 0 atom stereocenters. The zero-order valence-corrected chi connectivity index (χ0v) is 18.7. The molecule has 0 aliphatic rings. The maximum Gasteiger partial charge on any atom is 0.273 e. The van der Waals surface area contributed by atoms with Crippen LogP contribution in [-0.2, 0) is 11.2 Å². The number of nitriles is 1. The van der Waals surface area contributed by atoms with Crippen molar-refractivity contribution in [2.75, 3.05) is 6.54 Å². The molecule has 158 valence electrons. The van der Waals surface area contributed by atoms with E-state index in [1.807, 2.05) is 72.1 Å². The highest BCUT2D eigenvalue weighted by Gasteiger charge is 2.16. The maximum absolute atomic E-state index is 13.3. The largest absolute Gasteiger partial charge is 0.351 e. The minimum absolute atomic E-state index is 0.0742. The third-order valence-corrected chi connectivity index (χ3v) is 6.66. The molecule has 2 aromatic heterocycles. The fraction of sp³-hybridized carbons (Fsp3) is 0.0800. The summed E-state index contributed by atoms with van der Waals surface area (Å²) in [6.07, 6.45) is 2.45. The molecule has 0 fully saturated rings. The van der Waals surface area contributed by atoms with Crippen LogP contribution >= 0.6 is 22.7 Å². The Morgan fingerprint density at radius 2 is 1.75 bits per heavy atom. The van der Waals surface area contributed by atoms with Gasteiger partial charge in [-0.1, -0.05) is 54.6 Å². The molecule has 1 amide bonds. The van der Waals surface area contributed by atoms with Gasteiger partial charge in [0.1, 0.15) is 10.7 Å². The van der Waals surface area contributed by atoms with E-state index in [0.717, 1.165) is 21.8 Å². The van der Waals surface area contributed by atoms with Crippen LogP contribution in [0.2, 0.25) is 0 Å². The third kappa shape index (κ3) is 4.78. The van der Waals surface area contributed by atoms with Gasteiger partial charge in [-0.05, 0) is 41.6 Å². The first-order valence-electron chi connectivity index (χ1n) is 9.96.